The molecule has 0 saturated heterocycles. The first-order valence-electron chi connectivity index (χ1n) is 8.26. The zero-order chi connectivity index (χ0) is 17.4. The number of carbonyl (C=O) groups excluding carboxylic acids is 1. The smallest absolute Gasteiger partial charge is 0.196 e. The van der Waals surface area contributed by atoms with Gasteiger partial charge in [0.25, 0.3) is 0 Å². The summed E-state index contributed by atoms with van der Waals surface area (Å²) in [4.78, 5) is 18.2. The lowest BCUT2D eigenvalue weighted by Crippen LogP contribution is -2.20. The van der Waals surface area contributed by atoms with Gasteiger partial charge in [-0.1, -0.05) is 24.3 Å². The van der Waals surface area contributed by atoms with Gasteiger partial charge >= 0.3 is 0 Å². The third-order valence-corrected chi connectivity index (χ3v) is 5.38. The second kappa shape index (κ2) is 6.55. The van der Waals surface area contributed by atoms with E-state index >= 15 is 0 Å². The first-order chi connectivity index (χ1) is 12.2. The van der Waals surface area contributed by atoms with E-state index in [1.165, 1.54) is 11.5 Å². The lowest BCUT2D eigenvalue weighted by atomic mass is 9.86. The molecule has 0 fully saturated rings. The number of rotatable bonds is 6. The number of aromatic nitrogens is 1. The summed E-state index contributed by atoms with van der Waals surface area (Å²) in [6.45, 7) is 1.59. The molecule has 2 aromatic carbocycles. The Hall–Kier alpha value is -2.28. The van der Waals surface area contributed by atoms with Crippen molar-refractivity contribution >= 4 is 33.1 Å². The van der Waals surface area contributed by atoms with Crippen LogP contribution in [-0.2, 0) is 4.84 Å². The predicted molar refractivity (Wildman–Crippen MR) is 101 cm³/mol. The highest BCUT2D eigenvalue weighted by molar-refractivity contribution is 7.13. The van der Waals surface area contributed by atoms with Crippen molar-refractivity contribution < 1.29 is 9.63 Å². The Morgan fingerprint density at radius 3 is 2.84 bits per heavy atom. The van der Waals surface area contributed by atoms with E-state index in [0.717, 1.165) is 57.7 Å². The number of hydroxylamine groups is 2. The van der Waals surface area contributed by atoms with Gasteiger partial charge in [-0.3, -0.25) is 4.79 Å². The molecule has 0 atom stereocenters. The maximum absolute atomic E-state index is 13.1. The number of carbonyl (C=O) groups is 1. The van der Waals surface area contributed by atoms with E-state index in [4.69, 9.17) is 4.84 Å². The van der Waals surface area contributed by atoms with Crippen LogP contribution in [0.5, 0.6) is 0 Å². The first kappa shape index (κ1) is 16.2. The van der Waals surface area contributed by atoms with Crippen molar-refractivity contribution in [3.05, 3.63) is 47.5 Å². The van der Waals surface area contributed by atoms with Crippen LogP contribution in [0.3, 0.4) is 0 Å². The highest BCUT2D eigenvalue weighted by Crippen LogP contribution is 2.42. The summed E-state index contributed by atoms with van der Waals surface area (Å²) in [7, 11) is 3.56. The predicted octanol–water partition coefficient (Wildman–Crippen LogP) is 3.80. The molecule has 0 spiro atoms. The van der Waals surface area contributed by atoms with E-state index in [9.17, 15) is 4.79 Å². The van der Waals surface area contributed by atoms with Gasteiger partial charge in [-0.2, -0.15) is 9.44 Å². The minimum Gasteiger partial charge on any atom is -0.384 e. The highest BCUT2D eigenvalue weighted by Gasteiger charge is 2.29. The van der Waals surface area contributed by atoms with Crippen LogP contribution in [0.15, 0.2) is 36.4 Å². The number of hydrogen-bond acceptors (Lipinski definition) is 6. The molecular formula is C19H19N3O2S. The van der Waals surface area contributed by atoms with Gasteiger partial charge in [0.05, 0.1) is 23.1 Å². The summed E-state index contributed by atoms with van der Waals surface area (Å²) >= 11 is 1.45. The molecule has 1 heterocycles. The van der Waals surface area contributed by atoms with Gasteiger partial charge in [0.1, 0.15) is 0 Å². The van der Waals surface area contributed by atoms with Crippen molar-refractivity contribution in [1.29, 1.82) is 0 Å². The van der Waals surface area contributed by atoms with E-state index < -0.39 is 0 Å². The number of nitrogens with zero attached hydrogens (tertiary/aromatic N) is 2. The van der Waals surface area contributed by atoms with Crippen LogP contribution >= 0.6 is 11.5 Å². The van der Waals surface area contributed by atoms with E-state index in [2.05, 4.69) is 9.69 Å². The normalized spacial score (nSPS) is 12.7. The Bertz CT molecular complexity index is 951. The fourth-order valence-electron chi connectivity index (χ4n) is 3.26. The van der Waals surface area contributed by atoms with Gasteiger partial charge in [0.15, 0.2) is 5.78 Å². The van der Waals surface area contributed by atoms with E-state index in [0.29, 0.717) is 0 Å². The topological polar surface area (TPSA) is 54.5 Å². The number of fused-ring (bicyclic) bond motifs is 2. The molecule has 6 heteroatoms. The first-order valence-corrected chi connectivity index (χ1v) is 9.03. The fraction of sp³-hybridized carbons (Fsp3) is 0.263. The van der Waals surface area contributed by atoms with Gasteiger partial charge in [0.2, 0.25) is 0 Å². The van der Waals surface area contributed by atoms with Crippen LogP contribution in [0.2, 0.25) is 0 Å². The number of hydrogen-bond donors (Lipinski definition) is 1. The summed E-state index contributed by atoms with van der Waals surface area (Å²) in [5.74, 6) is 0.0745. The maximum Gasteiger partial charge on any atom is 0.196 e. The Morgan fingerprint density at radius 1 is 1.20 bits per heavy atom. The van der Waals surface area contributed by atoms with Crippen LogP contribution in [0, 0.1) is 0 Å². The summed E-state index contributed by atoms with van der Waals surface area (Å²) in [6, 6.07) is 11.8. The van der Waals surface area contributed by atoms with Gasteiger partial charge in [-0.15, -0.1) is 0 Å². The van der Waals surface area contributed by atoms with Crippen LogP contribution in [-0.4, -0.2) is 42.5 Å². The summed E-state index contributed by atoms with van der Waals surface area (Å²) < 4.78 is 5.67. The third-order valence-electron chi connectivity index (χ3n) is 4.57. The molecule has 128 valence electrons. The SMILES string of the molecule is CON(C)CCCNc1cccc2c1C(=O)c1cccc3snc-2c13. The van der Waals surface area contributed by atoms with Crippen molar-refractivity contribution in [1.82, 2.24) is 9.44 Å². The molecule has 0 amide bonds. The van der Waals surface area contributed by atoms with Gasteiger partial charge in [-0.05, 0) is 30.1 Å². The number of benzene rings is 2. The second-order valence-corrected chi connectivity index (χ2v) is 6.89. The molecule has 25 heavy (non-hydrogen) atoms. The summed E-state index contributed by atoms with van der Waals surface area (Å²) in [5, 5.41) is 6.19. The summed E-state index contributed by atoms with van der Waals surface area (Å²) in [5.41, 5.74) is 4.20. The van der Waals surface area contributed by atoms with Gasteiger partial charge in [0, 0.05) is 42.3 Å². The Labute approximate surface area is 150 Å². The van der Waals surface area contributed by atoms with Crippen LogP contribution < -0.4 is 5.32 Å². The quantitative estimate of drug-likeness (QED) is 0.422. The van der Waals surface area contributed by atoms with E-state index in [1.807, 2.05) is 43.4 Å². The number of anilines is 1. The maximum atomic E-state index is 13.1. The Balaban J connectivity index is 1.67. The molecule has 0 aliphatic heterocycles. The molecule has 4 rings (SSSR count). The molecule has 0 saturated carbocycles. The van der Waals surface area contributed by atoms with Crippen molar-refractivity contribution in [2.24, 2.45) is 0 Å². The van der Waals surface area contributed by atoms with Crippen LogP contribution in [0.4, 0.5) is 5.69 Å². The van der Waals surface area contributed by atoms with E-state index in [1.54, 1.807) is 12.2 Å². The minimum absolute atomic E-state index is 0.0745. The fourth-order valence-corrected chi connectivity index (χ4v) is 4.07. The molecule has 1 aliphatic carbocycles. The summed E-state index contributed by atoms with van der Waals surface area (Å²) in [6.07, 6.45) is 0.916. The molecule has 3 aromatic rings. The monoisotopic (exact) mass is 353 g/mol. The van der Waals surface area contributed by atoms with Crippen molar-refractivity contribution in [3.63, 3.8) is 0 Å². The van der Waals surface area contributed by atoms with Crippen LogP contribution in [0.1, 0.15) is 22.3 Å². The molecule has 1 aliphatic rings. The molecule has 0 bridgehead atoms. The zero-order valence-electron chi connectivity index (χ0n) is 14.2. The molecule has 0 unspecified atom stereocenters. The largest absolute Gasteiger partial charge is 0.384 e. The number of nitrogens with one attached hydrogen (secondary N) is 1. The van der Waals surface area contributed by atoms with Crippen LogP contribution in [0.25, 0.3) is 21.3 Å². The lowest BCUT2D eigenvalue weighted by molar-refractivity contribution is -0.108. The minimum atomic E-state index is 0.0745. The molecular weight excluding hydrogens is 334 g/mol. The van der Waals surface area contributed by atoms with Gasteiger partial charge in [-0.25, -0.2) is 0 Å². The van der Waals surface area contributed by atoms with Crippen molar-refractivity contribution in [3.8, 4) is 11.3 Å². The molecule has 1 aromatic heterocycles. The Kier molecular flexibility index (Phi) is 4.25. The van der Waals surface area contributed by atoms with Crippen molar-refractivity contribution in [2.45, 2.75) is 6.42 Å². The molecule has 0 radical (unpaired) electrons. The van der Waals surface area contributed by atoms with Gasteiger partial charge < -0.3 is 10.2 Å². The average molecular weight is 353 g/mol. The Morgan fingerprint density at radius 2 is 2.00 bits per heavy atom. The number of ketones is 1. The van der Waals surface area contributed by atoms with Crippen molar-refractivity contribution in [2.75, 3.05) is 32.6 Å². The lowest BCUT2D eigenvalue weighted by Gasteiger charge is -2.19. The average Bonchev–Trinajstić information content (AvgIpc) is 3.08. The molecule has 5 nitrogen and oxygen atoms in total. The third kappa shape index (κ3) is 2.72. The standard InChI is InChI=1S/C19H19N3O2S/c1-22(24-2)11-5-10-20-14-8-3-6-12-16(14)19(23)13-7-4-9-15-17(13)18(12)21-25-15/h3-4,6-9,20H,5,10-11H2,1-2H3. The highest BCUT2D eigenvalue weighted by atomic mass is 32.1. The second-order valence-electron chi connectivity index (χ2n) is 6.08. The van der Waals surface area contributed by atoms with E-state index in [-0.39, 0.29) is 5.78 Å². The zero-order valence-corrected chi connectivity index (χ0v) is 15.0. The molecule has 1 N–H and O–H groups in total.